The topological polar surface area (TPSA) is 84.9 Å². The number of benzene rings is 3. The normalized spacial score (nSPS) is 13.0. The first-order chi connectivity index (χ1) is 16.3. The molecule has 0 heterocycles. The van der Waals surface area contributed by atoms with Crippen LogP contribution in [0.3, 0.4) is 0 Å². The second kappa shape index (κ2) is 13.3. The predicted octanol–water partition coefficient (Wildman–Crippen LogP) is 4.90. The van der Waals surface area contributed by atoms with E-state index < -0.39 is 30.5 Å². The van der Waals surface area contributed by atoms with Gasteiger partial charge in [-0.25, -0.2) is 0 Å². The first-order valence-corrected chi connectivity index (χ1v) is 10.9. The van der Waals surface area contributed by atoms with Gasteiger partial charge in [0.25, 0.3) is 0 Å². The van der Waals surface area contributed by atoms with Crippen LogP contribution in [-0.4, -0.2) is 29.0 Å². The van der Waals surface area contributed by atoms with Crippen LogP contribution in [0.2, 0.25) is 0 Å². The van der Waals surface area contributed by atoms with Gasteiger partial charge in [0.2, 0.25) is 0 Å². The average molecular weight is 512 g/mol. The van der Waals surface area contributed by atoms with Gasteiger partial charge in [0.1, 0.15) is 24.7 Å². The van der Waals surface area contributed by atoms with Crippen molar-refractivity contribution in [3.63, 3.8) is 0 Å². The highest BCUT2D eigenvalue weighted by Gasteiger charge is 2.34. The zero-order valence-electron chi connectivity index (χ0n) is 18.9. The molecule has 2 unspecified atom stereocenters. The van der Waals surface area contributed by atoms with Crippen LogP contribution in [0.15, 0.2) is 72.8 Å². The molecule has 2 atom stereocenters. The summed E-state index contributed by atoms with van der Waals surface area (Å²) < 4.78 is 52.3. The summed E-state index contributed by atoms with van der Waals surface area (Å²) in [7, 11) is 0. The minimum Gasteiger partial charge on any atom is -0.489 e. The summed E-state index contributed by atoms with van der Waals surface area (Å²) in [5.74, 6) is 0.315. The van der Waals surface area contributed by atoms with E-state index in [1.165, 1.54) is 12.1 Å². The minimum absolute atomic E-state index is 0. The fraction of sp³-hybridized carbons (Fsp3) is 0.308. The van der Waals surface area contributed by atoms with Crippen LogP contribution in [0, 0.1) is 0 Å². The molecule has 0 amide bonds. The number of hydrogen-bond donors (Lipinski definition) is 3. The molecule has 0 saturated carbocycles. The number of ether oxygens (including phenoxy) is 2. The van der Waals surface area contributed by atoms with E-state index in [0.29, 0.717) is 23.5 Å². The standard InChI is InChI=1S/C26H28F3NO4.ClH/c27-26(28,29)22-14-18(9-11-24(32)23(30)15-31)10-12-25(22)34-17-20-7-4-8-21(13-20)33-16-19-5-2-1-3-6-19;/h1-8,10,12-14,23-24,31-32H,9,11,15-17,30H2;1H. The maximum Gasteiger partial charge on any atom is 0.419 e. The largest absolute Gasteiger partial charge is 0.489 e. The Labute approximate surface area is 208 Å². The summed E-state index contributed by atoms with van der Waals surface area (Å²) in [6, 6.07) is 19.6. The van der Waals surface area contributed by atoms with Gasteiger partial charge in [0.15, 0.2) is 0 Å². The molecule has 0 aliphatic carbocycles. The van der Waals surface area contributed by atoms with Gasteiger partial charge < -0.3 is 25.4 Å². The van der Waals surface area contributed by atoms with E-state index in [0.717, 1.165) is 11.6 Å². The lowest BCUT2D eigenvalue weighted by molar-refractivity contribution is -0.139. The van der Waals surface area contributed by atoms with Gasteiger partial charge in [-0.3, -0.25) is 0 Å². The number of rotatable bonds is 11. The number of alkyl halides is 3. The Kier molecular flexibility index (Phi) is 10.9. The molecule has 3 rings (SSSR count). The smallest absolute Gasteiger partial charge is 0.419 e. The molecule has 0 radical (unpaired) electrons. The van der Waals surface area contributed by atoms with Crippen LogP contribution in [-0.2, 0) is 25.8 Å². The second-order valence-electron chi connectivity index (χ2n) is 7.99. The monoisotopic (exact) mass is 511 g/mol. The molecule has 0 spiro atoms. The first kappa shape index (κ1) is 28.5. The van der Waals surface area contributed by atoms with Crippen LogP contribution in [0.1, 0.15) is 28.7 Å². The molecule has 3 aromatic rings. The Morgan fingerprint density at radius 2 is 1.51 bits per heavy atom. The fourth-order valence-electron chi connectivity index (χ4n) is 3.36. The van der Waals surface area contributed by atoms with Crippen LogP contribution in [0.4, 0.5) is 13.2 Å². The van der Waals surface area contributed by atoms with Crippen molar-refractivity contribution < 1.29 is 32.9 Å². The minimum atomic E-state index is -4.61. The van der Waals surface area contributed by atoms with E-state index in [4.69, 9.17) is 20.3 Å². The lowest BCUT2D eigenvalue weighted by Gasteiger charge is -2.18. The van der Waals surface area contributed by atoms with E-state index in [-0.39, 0.29) is 37.6 Å². The molecule has 190 valence electrons. The van der Waals surface area contributed by atoms with Crippen LogP contribution in [0.25, 0.3) is 0 Å². The second-order valence-corrected chi connectivity index (χ2v) is 7.99. The highest BCUT2D eigenvalue weighted by atomic mass is 35.5. The van der Waals surface area contributed by atoms with Gasteiger partial charge in [-0.1, -0.05) is 48.5 Å². The van der Waals surface area contributed by atoms with E-state index in [1.807, 2.05) is 30.3 Å². The van der Waals surface area contributed by atoms with Crippen molar-refractivity contribution in [2.75, 3.05) is 6.61 Å². The summed E-state index contributed by atoms with van der Waals surface area (Å²) >= 11 is 0. The Bertz CT molecular complexity index is 1050. The molecule has 35 heavy (non-hydrogen) atoms. The summed E-state index contributed by atoms with van der Waals surface area (Å²) in [5, 5.41) is 18.8. The fourth-order valence-corrected chi connectivity index (χ4v) is 3.36. The molecule has 9 heteroatoms. The number of aryl methyl sites for hydroxylation is 1. The summed E-state index contributed by atoms with van der Waals surface area (Å²) in [5.41, 5.74) is 6.73. The van der Waals surface area contributed by atoms with Gasteiger partial charge in [0.05, 0.1) is 24.3 Å². The molecule has 0 bridgehead atoms. The molecule has 0 aliphatic rings. The van der Waals surface area contributed by atoms with Gasteiger partial charge >= 0.3 is 6.18 Å². The maximum atomic E-state index is 13.7. The molecule has 3 aromatic carbocycles. The number of nitrogens with two attached hydrogens (primary N) is 1. The zero-order chi connectivity index (χ0) is 24.6. The lowest BCUT2D eigenvalue weighted by Crippen LogP contribution is -2.38. The van der Waals surface area contributed by atoms with E-state index in [2.05, 4.69) is 0 Å². The highest BCUT2D eigenvalue weighted by Crippen LogP contribution is 2.37. The molecule has 0 aromatic heterocycles. The van der Waals surface area contributed by atoms with Crippen molar-refractivity contribution in [3.8, 4) is 11.5 Å². The van der Waals surface area contributed by atoms with E-state index >= 15 is 0 Å². The summed E-state index contributed by atoms with van der Waals surface area (Å²) in [6.45, 7) is -0.0853. The quantitative estimate of drug-likeness (QED) is 0.341. The van der Waals surface area contributed by atoms with Crippen molar-refractivity contribution >= 4 is 12.4 Å². The van der Waals surface area contributed by atoms with Gasteiger partial charge in [-0.2, -0.15) is 13.2 Å². The SMILES string of the molecule is Cl.NC(CO)C(O)CCc1ccc(OCc2cccc(OCc3ccccc3)c2)c(C(F)(F)F)c1. The average Bonchev–Trinajstić information content (AvgIpc) is 2.84. The lowest BCUT2D eigenvalue weighted by atomic mass is 10.0. The molecular weight excluding hydrogens is 483 g/mol. The molecule has 0 saturated heterocycles. The zero-order valence-corrected chi connectivity index (χ0v) is 19.8. The number of aliphatic hydroxyl groups excluding tert-OH is 2. The van der Waals surface area contributed by atoms with Crippen molar-refractivity contribution in [1.82, 2.24) is 0 Å². The third kappa shape index (κ3) is 8.74. The molecule has 4 N–H and O–H groups in total. The van der Waals surface area contributed by atoms with E-state index in [9.17, 15) is 18.3 Å². The number of halogens is 4. The van der Waals surface area contributed by atoms with Crippen LogP contribution in [0.5, 0.6) is 11.5 Å². The third-order valence-electron chi connectivity index (χ3n) is 5.32. The summed E-state index contributed by atoms with van der Waals surface area (Å²) in [6.07, 6.45) is -5.30. The highest BCUT2D eigenvalue weighted by molar-refractivity contribution is 5.85. The van der Waals surface area contributed by atoms with Gasteiger partial charge in [0, 0.05) is 0 Å². The maximum absolute atomic E-state index is 13.7. The van der Waals surface area contributed by atoms with Crippen LogP contribution < -0.4 is 15.2 Å². The Morgan fingerprint density at radius 1 is 0.829 bits per heavy atom. The molecule has 5 nitrogen and oxygen atoms in total. The van der Waals surface area contributed by atoms with Gasteiger partial charge in [-0.05, 0) is 53.8 Å². The molecule has 0 aliphatic heterocycles. The van der Waals surface area contributed by atoms with Crippen LogP contribution >= 0.6 is 12.4 Å². The van der Waals surface area contributed by atoms with Crippen molar-refractivity contribution in [2.45, 2.75) is 44.4 Å². The number of hydrogen-bond acceptors (Lipinski definition) is 5. The van der Waals surface area contributed by atoms with Gasteiger partial charge in [-0.15, -0.1) is 12.4 Å². The molecular formula is C26H29ClF3NO4. The molecule has 0 fully saturated rings. The Hall–Kier alpha value is -2.78. The van der Waals surface area contributed by atoms with Crippen molar-refractivity contribution in [1.29, 1.82) is 0 Å². The first-order valence-electron chi connectivity index (χ1n) is 10.9. The number of aliphatic hydroxyl groups is 2. The summed E-state index contributed by atoms with van der Waals surface area (Å²) in [4.78, 5) is 0. The van der Waals surface area contributed by atoms with Crippen molar-refractivity contribution in [3.05, 3.63) is 95.1 Å². The third-order valence-corrected chi connectivity index (χ3v) is 5.32. The Balaban J connectivity index is 0.00000432. The Morgan fingerprint density at radius 3 is 2.20 bits per heavy atom. The predicted molar refractivity (Wildman–Crippen MR) is 130 cm³/mol. The van der Waals surface area contributed by atoms with Crippen molar-refractivity contribution in [2.24, 2.45) is 5.73 Å². The van der Waals surface area contributed by atoms with E-state index in [1.54, 1.807) is 24.3 Å².